The fraction of sp³-hybridized carbons (Fsp3) is 0.143. The van der Waals surface area contributed by atoms with Gasteiger partial charge in [0.05, 0.1) is 7.11 Å². The summed E-state index contributed by atoms with van der Waals surface area (Å²) in [5.41, 5.74) is 3.76. The maximum Gasteiger partial charge on any atom is 0.330 e. The molecule has 0 spiro atoms. The van der Waals surface area contributed by atoms with Crippen molar-refractivity contribution in [3.8, 4) is 12.3 Å². The second-order valence-electron chi connectivity index (χ2n) is 5.65. The van der Waals surface area contributed by atoms with Gasteiger partial charge in [0, 0.05) is 35.3 Å². The van der Waals surface area contributed by atoms with Crippen LogP contribution in [0, 0.1) is 12.3 Å². The third-order valence-corrected chi connectivity index (χ3v) is 4.04. The second-order valence-corrected chi connectivity index (χ2v) is 5.65. The van der Waals surface area contributed by atoms with E-state index in [0.717, 1.165) is 27.6 Å². The van der Waals surface area contributed by atoms with Crippen molar-refractivity contribution in [2.45, 2.75) is 12.5 Å². The lowest BCUT2D eigenvalue weighted by Crippen LogP contribution is -2.23. The summed E-state index contributed by atoms with van der Waals surface area (Å²) in [5.74, 6) is 2.21. The number of hydrogen-bond acceptors (Lipinski definition) is 3. The molecule has 25 heavy (non-hydrogen) atoms. The number of terminal acetylenes is 1. The molecule has 0 saturated carbocycles. The topological polar surface area (TPSA) is 54.5 Å². The normalized spacial score (nSPS) is 12.2. The lowest BCUT2D eigenvalue weighted by Gasteiger charge is -2.09. The first kappa shape index (κ1) is 16.5. The number of ether oxygens (including phenoxy) is 1. The first-order valence-corrected chi connectivity index (χ1v) is 7.94. The molecule has 3 aromatic rings. The minimum Gasteiger partial charge on any atom is -0.467 e. The molecule has 1 N–H and O–H groups in total. The van der Waals surface area contributed by atoms with Crippen molar-refractivity contribution in [1.82, 2.24) is 4.98 Å². The van der Waals surface area contributed by atoms with Crippen LogP contribution in [-0.4, -0.2) is 30.3 Å². The molecule has 0 fully saturated rings. The van der Waals surface area contributed by atoms with Crippen LogP contribution in [0.1, 0.15) is 16.7 Å². The van der Waals surface area contributed by atoms with Crippen LogP contribution in [0.5, 0.6) is 0 Å². The van der Waals surface area contributed by atoms with Crippen LogP contribution in [0.4, 0.5) is 0 Å². The molecular formula is C21H18N2O2. The van der Waals surface area contributed by atoms with Gasteiger partial charge in [-0.15, -0.1) is 6.42 Å². The van der Waals surface area contributed by atoms with E-state index in [-0.39, 0.29) is 5.97 Å². The zero-order valence-electron chi connectivity index (χ0n) is 13.9. The summed E-state index contributed by atoms with van der Waals surface area (Å²) in [7, 11) is 1.38. The Kier molecular flexibility index (Phi) is 4.96. The zero-order valence-corrected chi connectivity index (χ0v) is 13.9. The van der Waals surface area contributed by atoms with E-state index in [1.807, 2.05) is 54.7 Å². The monoisotopic (exact) mass is 330 g/mol. The van der Waals surface area contributed by atoms with Gasteiger partial charge in [0.15, 0.2) is 6.04 Å². The van der Waals surface area contributed by atoms with Gasteiger partial charge in [0.2, 0.25) is 0 Å². The molecule has 0 aliphatic heterocycles. The molecule has 0 radical (unpaired) electrons. The Morgan fingerprint density at radius 1 is 1.28 bits per heavy atom. The SMILES string of the molecule is C#Cc1ccc(/C=N/C(Cc2c[nH]c3ccccc23)C(=O)OC)cc1. The summed E-state index contributed by atoms with van der Waals surface area (Å²) < 4.78 is 4.91. The third-order valence-electron chi connectivity index (χ3n) is 4.04. The highest BCUT2D eigenvalue weighted by Gasteiger charge is 2.19. The standard InChI is InChI=1S/C21H18N2O2/c1-3-15-8-10-16(11-9-15)13-22-20(21(24)25-2)12-17-14-23-19-7-5-4-6-18(17)19/h1,4-11,13-14,20,23H,12H2,2H3/b22-13+. The molecule has 0 aliphatic carbocycles. The Balaban J connectivity index is 1.83. The highest BCUT2D eigenvalue weighted by Crippen LogP contribution is 2.20. The molecule has 4 nitrogen and oxygen atoms in total. The molecular weight excluding hydrogens is 312 g/mol. The van der Waals surface area contributed by atoms with Crippen LogP contribution in [0.25, 0.3) is 10.9 Å². The Labute approximate surface area is 146 Å². The second kappa shape index (κ2) is 7.50. The van der Waals surface area contributed by atoms with E-state index < -0.39 is 6.04 Å². The third kappa shape index (κ3) is 3.78. The van der Waals surface area contributed by atoms with E-state index in [1.165, 1.54) is 7.11 Å². The maximum atomic E-state index is 12.1. The van der Waals surface area contributed by atoms with Gasteiger partial charge < -0.3 is 9.72 Å². The maximum absolute atomic E-state index is 12.1. The number of carbonyl (C=O) groups is 1. The molecule has 1 atom stereocenters. The van der Waals surface area contributed by atoms with E-state index in [4.69, 9.17) is 11.2 Å². The van der Waals surface area contributed by atoms with Crippen molar-refractivity contribution < 1.29 is 9.53 Å². The lowest BCUT2D eigenvalue weighted by molar-refractivity contribution is -0.142. The number of aliphatic imine (C=N–C) groups is 1. The van der Waals surface area contributed by atoms with Crippen LogP contribution >= 0.6 is 0 Å². The smallest absolute Gasteiger partial charge is 0.330 e. The average molecular weight is 330 g/mol. The predicted molar refractivity (Wildman–Crippen MR) is 99.8 cm³/mol. The van der Waals surface area contributed by atoms with Crippen LogP contribution in [0.3, 0.4) is 0 Å². The number of H-pyrrole nitrogens is 1. The van der Waals surface area contributed by atoms with E-state index >= 15 is 0 Å². The lowest BCUT2D eigenvalue weighted by atomic mass is 10.1. The summed E-state index contributed by atoms with van der Waals surface area (Å²) in [6.45, 7) is 0. The highest BCUT2D eigenvalue weighted by atomic mass is 16.5. The van der Waals surface area contributed by atoms with Gasteiger partial charge in [-0.3, -0.25) is 4.99 Å². The molecule has 1 unspecified atom stereocenters. The quantitative estimate of drug-likeness (QED) is 0.443. The Morgan fingerprint density at radius 2 is 2.04 bits per heavy atom. The number of aromatic nitrogens is 1. The summed E-state index contributed by atoms with van der Waals surface area (Å²) in [5, 5.41) is 1.09. The minimum absolute atomic E-state index is 0.359. The number of fused-ring (bicyclic) bond motifs is 1. The van der Waals surface area contributed by atoms with Crippen molar-refractivity contribution in [3.05, 3.63) is 71.4 Å². The molecule has 2 aromatic carbocycles. The predicted octanol–water partition coefficient (Wildman–Crippen LogP) is 3.35. The van der Waals surface area contributed by atoms with Crippen molar-refractivity contribution in [3.63, 3.8) is 0 Å². The van der Waals surface area contributed by atoms with Crippen molar-refractivity contribution in [2.24, 2.45) is 4.99 Å². The average Bonchev–Trinajstić information content (AvgIpc) is 3.08. The van der Waals surface area contributed by atoms with Crippen LogP contribution in [0.15, 0.2) is 59.7 Å². The molecule has 1 heterocycles. The number of rotatable bonds is 5. The summed E-state index contributed by atoms with van der Waals surface area (Å²) in [6, 6.07) is 14.8. The summed E-state index contributed by atoms with van der Waals surface area (Å²) in [6.07, 6.45) is 9.41. The van der Waals surface area contributed by atoms with E-state index in [1.54, 1.807) is 6.21 Å². The number of nitrogens with zero attached hydrogens (tertiary/aromatic N) is 1. The van der Waals surface area contributed by atoms with Gasteiger partial charge >= 0.3 is 5.97 Å². The zero-order chi connectivity index (χ0) is 17.6. The number of benzene rings is 2. The van der Waals surface area contributed by atoms with Gasteiger partial charge in [-0.2, -0.15) is 0 Å². The number of para-hydroxylation sites is 1. The van der Waals surface area contributed by atoms with Crippen molar-refractivity contribution in [2.75, 3.05) is 7.11 Å². The first-order valence-electron chi connectivity index (χ1n) is 7.94. The largest absolute Gasteiger partial charge is 0.467 e. The number of methoxy groups -OCH3 is 1. The van der Waals surface area contributed by atoms with Crippen LogP contribution in [0.2, 0.25) is 0 Å². The first-order chi connectivity index (χ1) is 12.2. The van der Waals surface area contributed by atoms with E-state index in [0.29, 0.717) is 6.42 Å². The molecule has 124 valence electrons. The summed E-state index contributed by atoms with van der Waals surface area (Å²) in [4.78, 5) is 19.8. The van der Waals surface area contributed by atoms with Gasteiger partial charge in [-0.1, -0.05) is 36.3 Å². The van der Waals surface area contributed by atoms with Crippen LogP contribution in [-0.2, 0) is 16.0 Å². The number of carbonyl (C=O) groups excluding carboxylic acids is 1. The van der Waals surface area contributed by atoms with E-state index in [9.17, 15) is 4.79 Å². The summed E-state index contributed by atoms with van der Waals surface area (Å²) >= 11 is 0. The highest BCUT2D eigenvalue weighted by molar-refractivity contribution is 5.86. The molecule has 0 amide bonds. The fourth-order valence-corrected chi connectivity index (χ4v) is 2.68. The number of aromatic amines is 1. The number of hydrogen-bond donors (Lipinski definition) is 1. The van der Waals surface area contributed by atoms with Crippen LogP contribution < -0.4 is 0 Å². The van der Waals surface area contributed by atoms with Crippen molar-refractivity contribution in [1.29, 1.82) is 0 Å². The van der Waals surface area contributed by atoms with Gasteiger partial charge in [0.25, 0.3) is 0 Å². The molecule has 0 bridgehead atoms. The number of esters is 1. The van der Waals surface area contributed by atoms with Gasteiger partial charge in [-0.25, -0.2) is 4.79 Å². The molecule has 0 saturated heterocycles. The molecule has 1 aromatic heterocycles. The molecule has 0 aliphatic rings. The molecule has 4 heteroatoms. The Bertz CT molecular complexity index is 946. The van der Waals surface area contributed by atoms with Gasteiger partial charge in [0.1, 0.15) is 0 Å². The molecule has 3 rings (SSSR count). The Hall–Kier alpha value is -3.32. The van der Waals surface area contributed by atoms with Gasteiger partial charge in [-0.05, 0) is 29.3 Å². The minimum atomic E-state index is -0.600. The fourth-order valence-electron chi connectivity index (χ4n) is 2.68. The Morgan fingerprint density at radius 3 is 2.76 bits per heavy atom. The number of nitrogens with one attached hydrogen (secondary N) is 1. The van der Waals surface area contributed by atoms with E-state index in [2.05, 4.69) is 15.9 Å². The van der Waals surface area contributed by atoms with Crippen molar-refractivity contribution >= 4 is 23.1 Å².